The summed E-state index contributed by atoms with van der Waals surface area (Å²) in [6, 6.07) is 0. The summed E-state index contributed by atoms with van der Waals surface area (Å²) in [7, 11) is 0. The Kier molecular flexibility index (Phi) is 20.0. The van der Waals surface area contributed by atoms with Gasteiger partial charge in [-0.05, 0) is 0 Å². The molecule has 0 amide bonds. The van der Waals surface area contributed by atoms with Crippen LogP contribution >= 0.6 is 11.8 Å². The molecule has 0 aromatic carbocycles. The van der Waals surface area contributed by atoms with Crippen molar-refractivity contribution >= 4 is 11.8 Å². The number of rotatable bonds is 0. The molecule has 0 saturated heterocycles. The molecule has 0 unspecified atom stereocenters. The van der Waals surface area contributed by atoms with Crippen molar-refractivity contribution in [2.45, 2.75) is 0 Å². The van der Waals surface area contributed by atoms with Gasteiger partial charge >= 0.3 is 0 Å². The Labute approximate surface area is 58.8 Å². The van der Waals surface area contributed by atoms with Crippen LogP contribution in [0.5, 0.6) is 0 Å². The van der Waals surface area contributed by atoms with Crippen molar-refractivity contribution in [3.63, 3.8) is 0 Å². The zero-order valence-corrected chi connectivity index (χ0v) is 4.22. The largest absolute Gasteiger partial charge is 0.301 e. The first-order chi connectivity index (χ1) is 1.41. The first kappa shape index (κ1) is 9.07. The zero-order valence-electron chi connectivity index (χ0n) is 1.61. The van der Waals surface area contributed by atoms with Gasteiger partial charge in [-0.3, -0.25) is 0 Å². The summed E-state index contributed by atoms with van der Waals surface area (Å²) in [5.74, 6) is 0. The second-order valence-electron chi connectivity index (χ2n) is 0.0845. The third-order valence-corrected chi connectivity index (χ3v) is 0. The van der Waals surface area contributed by atoms with E-state index in [-0.39, 0.29) is 37.3 Å². The molecule has 32 valence electrons. The van der Waals surface area contributed by atoms with Crippen LogP contribution in [0.4, 0.5) is 0 Å². The van der Waals surface area contributed by atoms with Crippen molar-refractivity contribution < 1.29 is 42.5 Å². The third kappa shape index (κ3) is 9.83. The predicted molar refractivity (Wildman–Crippen MR) is 10.8 cm³/mol. The average molecular weight is 235 g/mol. The fourth-order valence-electron chi connectivity index (χ4n) is 0. The Hall–Kier alpha value is 1.46. The van der Waals surface area contributed by atoms with Gasteiger partial charge in [0.25, 0.3) is 0 Å². The summed E-state index contributed by atoms with van der Waals surface area (Å²) in [5.41, 5.74) is 0. The van der Waals surface area contributed by atoms with Crippen molar-refractivity contribution in [1.82, 2.24) is 5.00 Å². The summed E-state index contributed by atoms with van der Waals surface area (Å²) in [5, 5.41) is 7.08. The summed E-state index contributed by atoms with van der Waals surface area (Å²) in [6.07, 6.45) is 0. The normalized spacial score (nSPS) is 4.50. The molecule has 0 aliphatic carbocycles. The molecule has 0 fully saturated rings. The molecule has 4 heavy (non-hydrogen) atoms. The van der Waals surface area contributed by atoms with Gasteiger partial charge in [0.2, 0.25) is 0 Å². The Morgan fingerprint density at radius 2 is 1.75 bits per heavy atom. The third-order valence-electron chi connectivity index (χ3n) is 0. The molecule has 0 heterocycles. The Morgan fingerprint density at radius 3 is 1.75 bits per heavy atom. The molecule has 2 nitrogen and oxygen atoms in total. The van der Waals surface area contributed by atoms with Gasteiger partial charge in [0, 0.05) is 49.1 Å². The van der Waals surface area contributed by atoms with Gasteiger partial charge in [-0.2, -0.15) is 0 Å². The van der Waals surface area contributed by atoms with Gasteiger partial charge in [-0.1, -0.05) is 0 Å². The van der Waals surface area contributed by atoms with Crippen molar-refractivity contribution in [3.8, 4) is 0 Å². The van der Waals surface area contributed by atoms with Gasteiger partial charge in [0.05, 0.1) is 0 Å². The number of nitrogens with one attached hydrogen (secondary N) is 1. The molecule has 0 radical (unpaired) electrons. The van der Waals surface area contributed by atoms with Crippen molar-refractivity contribution in [3.05, 3.63) is 0 Å². The molecule has 0 bridgehead atoms. The molecule has 0 aliphatic rings. The fraction of sp³-hybridized carbons (Fsp3) is 0. The zero-order chi connectivity index (χ0) is 2.71. The summed E-state index contributed by atoms with van der Waals surface area (Å²) < 4.78 is 0. The van der Waals surface area contributed by atoms with E-state index in [1.54, 1.807) is 0 Å². The first-order valence-corrected chi connectivity index (χ1v) is 0.791. The van der Waals surface area contributed by atoms with E-state index in [9.17, 15) is 0 Å². The van der Waals surface area contributed by atoms with Crippen LogP contribution in [-0.2, 0) is 0 Å². The number of hydrogen-bond acceptors (Lipinski definition) is 2. The monoisotopic (exact) mass is 233 g/mol. The van der Waals surface area contributed by atoms with E-state index in [0.29, 0.717) is 0 Å². The van der Waals surface area contributed by atoms with E-state index >= 15 is 0 Å². The molecule has 0 saturated carbocycles. The van der Waals surface area contributed by atoms with Gasteiger partial charge in [-0.15, -0.1) is 5.00 Å². The van der Waals surface area contributed by atoms with Crippen molar-refractivity contribution in [1.29, 1.82) is 0 Å². The van der Waals surface area contributed by atoms with Crippen LogP contribution in [0.15, 0.2) is 0 Å². The minimum Gasteiger partial charge on any atom is -0.301 e. The van der Waals surface area contributed by atoms with Crippen molar-refractivity contribution in [2.75, 3.05) is 0 Å². The summed E-state index contributed by atoms with van der Waals surface area (Å²) in [6.45, 7) is 0. The first-order valence-electron chi connectivity index (χ1n) is 0.413. The molecule has 0 aromatic heterocycles. The molecule has 2 N–H and O–H groups in total. The molecule has 0 atom stereocenters. The fourth-order valence-corrected chi connectivity index (χ4v) is 0. The van der Waals surface area contributed by atoms with E-state index in [1.807, 2.05) is 0 Å². The standard InChI is InChI=1S/ClH2NO.Er/c1-2-3;/h2-3H;. The molecule has 0 aliphatic heterocycles. The van der Waals surface area contributed by atoms with E-state index in [0.717, 1.165) is 0 Å². The molecular formula is H2ClErNO. The van der Waals surface area contributed by atoms with Gasteiger partial charge in [0.15, 0.2) is 0 Å². The summed E-state index contributed by atoms with van der Waals surface area (Å²) >= 11 is 4.30. The predicted octanol–water partition coefficient (Wildman–Crippen LogP) is 0.119. The molecule has 0 spiro atoms. The minimum atomic E-state index is 0. The number of halogens is 1. The Morgan fingerprint density at radius 1 is 1.75 bits per heavy atom. The molecular weight excluding hydrogens is 233 g/mol. The van der Waals surface area contributed by atoms with Crippen LogP contribution in [0, 0.1) is 37.3 Å². The van der Waals surface area contributed by atoms with E-state index in [1.165, 1.54) is 5.00 Å². The quantitative estimate of drug-likeness (QED) is 0.461. The number of hydrogen-bond donors (Lipinski definition) is 2. The molecule has 4 heteroatoms. The average Bonchev–Trinajstić information content (AvgIpc) is 0.918. The Bertz CT molecular complexity index is 8.00. The minimum absolute atomic E-state index is 0. The molecule has 0 rings (SSSR count). The van der Waals surface area contributed by atoms with E-state index in [2.05, 4.69) is 11.8 Å². The van der Waals surface area contributed by atoms with Crippen LogP contribution in [0.25, 0.3) is 0 Å². The van der Waals surface area contributed by atoms with Crippen LogP contribution in [0.3, 0.4) is 0 Å². The van der Waals surface area contributed by atoms with Crippen molar-refractivity contribution in [2.24, 2.45) is 0 Å². The molecule has 0 aromatic rings. The van der Waals surface area contributed by atoms with Gasteiger partial charge < -0.3 is 5.21 Å². The maximum absolute atomic E-state index is 7.08. The Balaban J connectivity index is 0. The second-order valence-corrected chi connectivity index (χ2v) is 0.254. The van der Waals surface area contributed by atoms with Crippen LogP contribution in [0.1, 0.15) is 0 Å². The van der Waals surface area contributed by atoms with Gasteiger partial charge in [0.1, 0.15) is 0 Å². The summed E-state index contributed by atoms with van der Waals surface area (Å²) in [4.78, 5) is 1.22. The second kappa shape index (κ2) is 8.82. The van der Waals surface area contributed by atoms with Gasteiger partial charge in [-0.25, -0.2) is 0 Å². The topological polar surface area (TPSA) is 32.3 Å². The van der Waals surface area contributed by atoms with E-state index in [4.69, 9.17) is 5.21 Å². The smallest absolute Gasteiger partial charge is 0.00268 e. The van der Waals surface area contributed by atoms with Crippen LogP contribution in [0.2, 0.25) is 0 Å². The maximum atomic E-state index is 7.08. The van der Waals surface area contributed by atoms with Crippen LogP contribution < -0.4 is 5.00 Å². The maximum Gasteiger partial charge on any atom is 0.00268 e. The van der Waals surface area contributed by atoms with E-state index < -0.39 is 0 Å². The SMILES string of the molecule is ONCl.[Er]. The van der Waals surface area contributed by atoms with Crippen LogP contribution in [-0.4, -0.2) is 5.21 Å².